The molecule has 0 amide bonds. The lowest BCUT2D eigenvalue weighted by Gasteiger charge is -2.22. The van der Waals surface area contributed by atoms with Crippen LogP contribution in [0, 0.1) is 0 Å². The highest BCUT2D eigenvalue weighted by Gasteiger charge is 2.14. The Morgan fingerprint density at radius 3 is 2.92 bits per heavy atom. The van der Waals surface area contributed by atoms with Gasteiger partial charge in [0.2, 0.25) is 0 Å². The summed E-state index contributed by atoms with van der Waals surface area (Å²) in [5, 5.41) is 11.8. The molecular weight excluding hydrogens is 304 g/mol. The topological polar surface area (TPSA) is 61.2 Å². The molecule has 2 aromatic rings. The number of benzene rings is 1. The average Bonchev–Trinajstić information content (AvgIpc) is 3.10. The van der Waals surface area contributed by atoms with E-state index in [0.29, 0.717) is 6.61 Å². The third-order valence-corrected chi connectivity index (χ3v) is 4.12. The van der Waals surface area contributed by atoms with Gasteiger partial charge in [-0.2, -0.15) is 0 Å². The molecule has 3 rings (SSSR count). The molecule has 1 atom stereocenters. The molecule has 0 saturated carbocycles. The molecule has 1 saturated heterocycles. The van der Waals surface area contributed by atoms with E-state index in [9.17, 15) is 0 Å². The molecule has 2 heterocycles. The highest BCUT2D eigenvalue weighted by Crippen LogP contribution is 2.14. The minimum absolute atomic E-state index is 0.0435. The quantitative estimate of drug-likeness (QED) is 0.806. The summed E-state index contributed by atoms with van der Waals surface area (Å²) >= 11 is 0. The molecule has 130 valence electrons. The predicted molar refractivity (Wildman–Crippen MR) is 92.0 cm³/mol. The van der Waals surface area contributed by atoms with Crippen molar-refractivity contribution in [3.05, 3.63) is 41.7 Å². The maximum atomic E-state index is 5.75. The lowest BCUT2D eigenvalue weighted by Crippen LogP contribution is -2.23. The normalized spacial score (nSPS) is 18.0. The highest BCUT2D eigenvalue weighted by molar-refractivity contribution is 5.33. The third kappa shape index (κ3) is 4.87. The van der Waals surface area contributed by atoms with Gasteiger partial charge in [-0.05, 0) is 43.5 Å². The van der Waals surface area contributed by atoms with Crippen molar-refractivity contribution < 1.29 is 9.47 Å². The molecule has 24 heavy (non-hydrogen) atoms. The maximum Gasteiger partial charge on any atom is 0.157 e. The van der Waals surface area contributed by atoms with Crippen molar-refractivity contribution in [1.82, 2.24) is 20.3 Å². The predicted octanol–water partition coefficient (Wildman–Crippen LogP) is 2.46. The second-order valence-electron chi connectivity index (χ2n) is 6.02. The zero-order valence-electron chi connectivity index (χ0n) is 14.3. The molecule has 6 heteroatoms. The Hall–Kier alpha value is -1.76. The van der Waals surface area contributed by atoms with E-state index in [-0.39, 0.29) is 6.29 Å². The van der Waals surface area contributed by atoms with E-state index in [1.165, 1.54) is 12.0 Å². The van der Waals surface area contributed by atoms with Gasteiger partial charge in [-0.3, -0.25) is 0 Å². The molecular formula is C18H26N4O2. The summed E-state index contributed by atoms with van der Waals surface area (Å²) < 4.78 is 13.1. The van der Waals surface area contributed by atoms with Gasteiger partial charge in [-0.15, -0.1) is 5.10 Å². The lowest BCUT2D eigenvalue weighted by atomic mass is 10.2. The van der Waals surface area contributed by atoms with Crippen LogP contribution >= 0.6 is 0 Å². The molecule has 1 unspecified atom stereocenters. The number of hydrogen-bond donors (Lipinski definition) is 1. The first-order valence-corrected chi connectivity index (χ1v) is 8.79. The third-order valence-electron chi connectivity index (χ3n) is 4.12. The Labute approximate surface area is 143 Å². The Balaban J connectivity index is 1.49. The molecule has 6 nitrogen and oxygen atoms in total. The first-order valence-electron chi connectivity index (χ1n) is 8.79. The molecule has 0 bridgehead atoms. The lowest BCUT2D eigenvalue weighted by molar-refractivity contribution is -0.161. The monoisotopic (exact) mass is 330 g/mol. The SMILES string of the molecule is CCNCc1ccc(-n2cc(CCOC3CCCCO3)nn2)cc1. The van der Waals surface area contributed by atoms with Gasteiger partial charge in [0.15, 0.2) is 6.29 Å². The summed E-state index contributed by atoms with van der Waals surface area (Å²) in [5.74, 6) is 0. The van der Waals surface area contributed by atoms with Crippen LogP contribution in [0.5, 0.6) is 0 Å². The minimum Gasteiger partial charge on any atom is -0.353 e. The van der Waals surface area contributed by atoms with Gasteiger partial charge in [0, 0.05) is 19.6 Å². The van der Waals surface area contributed by atoms with E-state index in [4.69, 9.17) is 9.47 Å². The number of rotatable bonds is 8. The maximum absolute atomic E-state index is 5.75. The number of nitrogens with zero attached hydrogens (tertiary/aromatic N) is 3. The van der Waals surface area contributed by atoms with Crippen molar-refractivity contribution in [3.8, 4) is 5.69 Å². The van der Waals surface area contributed by atoms with Gasteiger partial charge < -0.3 is 14.8 Å². The number of nitrogens with one attached hydrogen (secondary N) is 1. The molecule has 0 aliphatic carbocycles. The van der Waals surface area contributed by atoms with E-state index in [2.05, 4.69) is 46.8 Å². The fourth-order valence-electron chi connectivity index (χ4n) is 2.71. The Bertz CT molecular complexity index is 606. The smallest absolute Gasteiger partial charge is 0.157 e. The largest absolute Gasteiger partial charge is 0.353 e. The van der Waals surface area contributed by atoms with Gasteiger partial charge in [0.05, 0.1) is 24.2 Å². The van der Waals surface area contributed by atoms with Crippen LogP contribution in [0.3, 0.4) is 0 Å². The Kier molecular flexibility index (Phi) is 6.34. The van der Waals surface area contributed by atoms with Crippen LogP contribution in [0.2, 0.25) is 0 Å². The van der Waals surface area contributed by atoms with E-state index in [1.54, 1.807) is 0 Å². The van der Waals surface area contributed by atoms with Crippen LogP contribution in [0.4, 0.5) is 0 Å². The number of aromatic nitrogens is 3. The van der Waals surface area contributed by atoms with Crippen LogP contribution in [-0.2, 0) is 22.4 Å². The average molecular weight is 330 g/mol. The Morgan fingerprint density at radius 2 is 2.17 bits per heavy atom. The summed E-state index contributed by atoms with van der Waals surface area (Å²) in [5.41, 5.74) is 3.22. The second kappa shape index (κ2) is 8.92. The summed E-state index contributed by atoms with van der Waals surface area (Å²) in [7, 11) is 0. The molecule has 0 spiro atoms. The van der Waals surface area contributed by atoms with Crippen LogP contribution < -0.4 is 5.32 Å². The molecule has 1 N–H and O–H groups in total. The number of ether oxygens (including phenoxy) is 2. The van der Waals surface area contributed by atoms with E-state index >= 15 is 0 Å². The van der Waals surface area contributed by atoms with Gasteiger partial charge >= 0.3 is 0 Å². The molecule has 1 aromatic carbocycles. The zero-order valence-corrected chi connectivity index (χ0v) is 14.3. The molecule has 1 fully saturated rings. The number of hydrogen-bond acceptors (Lipinski definition) is 5. The van der Waals surface area contributed by atoms with Crippen LogP contribution in [0.15, 0.2) is 30.5 Å². The highest BCUT2D eigenvalue weighted by atomic mass is 16.7. The van der Waals surface area contributed by atoms with Crippen molar-refractivity contribution in [2.24, 2.45) is 0 Å². The van der Waals surface area contributed by atoms with E-state index < -0.39 is 0 Å². The van der Waals surface area contributed by atoms with Crippen molar-refractivity contribution in [3.63, 3.8) is 0 Å². The zero-order chi connectivity index (χ0) is 16.6. The van der Waals surface area contributed by atoms with Crippen LogP contribution in [-0.4, -0.2) is 41.0 Å². The van der Waals surface area contributed by atoms with E-state index in [0.717, 1.165) is 50.3 Å². The van der Waals surface area contributed by atoms with Crippen LogP contribution in [0.1, 0.15) is 37.4 Å². The summed E-state index contributed by atoms with van der Waals surface area (Å²) in [6.07, 6.45) is 5.99. The first-order chi connectivity index (χ1) is 11.8. The molecule has 1 aliphatic rings. The van der Waals surface area contributed by atoms with Crippen LogP contribution in [0.25, 0.3) is 5.69 Å². The van der Waals surface area contributed by atoms with Gasteiger partial charge in [-0.25, -0.2) is 4.68 Å². The van der Waals surface area contributed by atoms with Crippen molar-refractivity contribution in [2.45, 2.75) is 45.4 Å². The second-order valence-corrected chi connectivity index (χ2v) is 6.02. The van der Waals surface area contributed by atoms with Gasteiger partial charge in [0.25, 0.3) is 0 Å². The van der Waals surface area contributed by atoms with Crippen molar-refractivity contribution in [1.29, 1.82) is 0 Å². The molecule has 1 aliphatic heterocycles. The Morgan fingerprint density at radius 1 is 1.29 bits per heavy atom. The molecule has 0 radical (unpaired) electrons. The summed E-state index contributed by atoms with van der Waals surface area (Å²) in [6, 6.07) is 8.36. The fourth-order valence-corrected chi connectivity index (χ4v) is 2.71. The van der Waals surface area contributed by atoms with E-state index in [1.807, 2.05) is 10.9 Å². The van der Waals surface area contributed by atoms with Gasteiger partial charge in [0.1, 0.15) is 0 Å². The minimum atomic E-state index is -0.0435. The van der Waals surface area contributed by atoms with Crippen molar-refractivity contribution in [2.75, 3.05) is 19.8 Å². The van der Waals surface area contributed by atoms with Gasteiger partial charge in [-0.1, -0.05) is 24.3 Å². The fraction of sp³-hybridized carbons (Fsp3) is 0.556. The standard InChI is InChI=1S/C18H26N4O2/c1-2-19-13-15-6-8-17(9-7-15)22-14-16(20-21-22)10-12-24-18-5-3-4-11-23-18/h6-9,14,18-19H,2-5,10-13H2,1H3. The first kappa shape index (κ1) is 17.1. The summed E-state index contributed by atoms with van der Waals surface area (Å²) in [6.45, 7) is 5.40. The summed E-state index contributed by atoms with van der Waals surface area (Å²) in [4.78, 5) is 0. The van der Waals surface area contributed by atoms with Crippen molar-refractivity contribution >= 4 is 0 Å². The molecule has 1 aromatic heterocycles.